The molecule has 0 aromatic carbocycles. The van der Waals surface area contributed by atoms with E-state index < -0.39 is 11.4 Å². The summed E-state index contributed by atoms with van der Waals surface area (Å²) in [5.41, 5.74) is 0.482. The van der Waals surface area contributed by atoms with Crippen molar-refractivity contribution in [3.05, 3.63) is 22.9 Å². The summed E-state index contributed by atoms with van der Waals surface area (Å²) in [6.07, 6.45) is 6.58. The highest BCUT2D eigenvalue weighted by Gasteiger charge is 2.46. The monoisotopic (exact) mass is 438 g/mol. The van der Waals surface area contributed by atoms with E-state index in [0.29, 0.717) is 10.5 Å². The lowest BCUT2D eigenvalue weighted by atomic mass is 9.87. The molecular formula is C20H24ClFN4O2S. The number of fused-ring (bicyclic) bond motifs is 3. The summed E-state index contributed by atoms with van der Waals surface area (Å²) in [6.45, 7) is 5.63. The van der Waals surface area contributed by atoms with Crippen LogP contribution in [-0.2, 0) is 4.74 Å². The third kappa shape index (κ3) is 3.89. The number of ether oxygens (including phenoxy) is 1. The number of carbonyl (C=O) groups is 1. The van der Waals surface area contributed by atoms with Crippen molar-refractivity contribution in [2.45, 2.75) is 75.2 Å². The minimum Gasteiger partial charge on any atom is -0.444 e. The Kier molecular flexibility index (Phi) is 5.36. The predicted molar refractivity (Wildman–Crippen MR) is 111 cm³/mol. The van der Waals surface area contributed by atoms with Gasteiger partial charge in [-0.2, -0.15) is 0 Å². The molecule has 2 saturated heterocycles. The van der Waals surface area contributed by atoms with E-state index in [9.17, 15) is 9.18 Å². The minimum absolute atomic E-state index is 0.0986. The van der Waals surface area contributed by atoms with E-state index in [0.717, 1.165) is 31.4 Å². The molecule has 0 saturated carbocycles. The Labute approximate surface area is 178 Å². The summed E-state index contributed by atoms with van der Waals surface area (Å²) < 4.78 is 20.2. The molecule has 2 fully saturated rings. The molecule has 0 spiro atoms. The molecule has 4 heterocycles. The van der Waals surface area contributed by atoms with E-state index >= 15 is 0 Å². The van der Waals surface area contributed by atoms with Gasteiger partial charge in [-0.05, 0) is 52.7 Å². The highest BCUT2D eigenvalue weighted by Crippen LogP contribution is 2.45. The van der Waals surface area contributed by atoms with Gasteiger partial charge in [0.15, 0.2) is 16.1 Å². The molecule has 156 valence electrons. The van der Waals surface area contributed by atoms with Gasteiger partial charge in [0.2, 0.25) is 0 Å². The van der Waals surface area contributed by atoms with Crippen molar-refractivity contribution in [2.75, 3.05) is 6.26 Å². The van der Waals surface area contributed by atoms with Gasteiger partial charge < -0.3 is 9.64 Å². The Balaban J connectivity index is 1.67. The number of thioether (sulfide) groups is 1. The Hall–Kier alpha value is -1.67. The van der Waals surface area contributed by atoms with Gasteiger partial charge in [0.25, 0.3) is 0 Å². The molecule has 0 N–H and O–H groups in total. The summed E-state index contributed by atoms with van der Waals surface area (Å²) in [5, 5.41) is 0.921. The number of hydrogen-bond acceptors (Lipinski definition) is 6. The van der Waals surface area contributed by atoms with Gasteiger partial charge in [-0.3, -0.25) is 0 Å². The molecule has 1 amide bonds. The molecule has 2 aromatic heterocycles. The molecule has 2 bridgehead atoms. The predicted octanol–water partition coefficient (Wildman–Crippen LogP) is 5.18. The van der Waals surface area contributed by atoms with Gasteiger partial charge >= 0.3 is 6.09 Å². The molecule has 2 aromatic rings. The van der Waals surface area contributed by atoms with Crippen molar-refractivity contribution in [2.24, 2.45) is 0 Å². The van der Waals surface area contributed by atoms with Gasteiger partial charge in [-0.15, -0.1) is 0 Å². The molecule has 2 aliphatic heterocycles. The van der Waals surface area contributed by atoms with Gasteiger partial charge in [0.1, 0.15) is 11.1 Å². The third-order valence-corrected chi connectivity index (χ3v) is 6.37. The SMILES string of the molecule is CSc1nc(C2C[C@H]3CC[C@@H](C2)N3C(=O)OC(C)(C)C)c2cnc(Cl)c(F)c2n1. The van der Waals surface area contributed by atoms with E-state index in [1.807, 2.05) is 31.9 Å². The van der Waals surface area contributed by atoms with Crippen molar-refractivity contribution in [1.82, 2.24) is 19.9 Å². The van der Waals surface area contributed by atoms with Crippen LogP contribution in [0.15, 0.2) is 11.4 Å². The van der Waals surface area contributed by atoms with E-state index in [2.05, 4.69) is 9.97 Å². The first-order valence-corrected chi connectivity index (χ1v) is 11.3. The third-order valence-electron chi connectivity index (χ3n) is 5.56. The minimum atomic E-state index is -0.614. The molecule has 29 heavy (non-hydrogen) atoms. The molecule has 0 aliphatic carbocycles. The average Bonchev–Trinajstić information content (AvgIpc) is 2.93. The van der Waals surface area contributed by atoms with Gasteiger partial charge in [0.05, 0.1) is 5.69 Å². The molecule has 2 aliphatic rings. The number of aromatic nitrogens is 3. The molecular weight excluding hydrogens is 415 g/mol. The lowest BCUT2D eigenvalue weighted by molar-refractivity contribution is 0.00573. The zero-order chi connectivity index (χ0) is 20.9. The molecule has 0 radical (unpaired) electrons. The highest BCUT2D eigenvalue weighted by molar-refractivity contribution is 7.98. The van der Waals surface area contributed by atoms with Crippen molar-refractivity contribution in [1.29, 1.82) is 0 Å². The Morgan fingerprint density at radius 2 is 1.93 bits per heavy atom. The largest absolute Gasteiger partial charge is 0.444 e. The number of rotatable bonds is 2. The summed E-state index contributed by atoms with van der Waals surface area (Å²) in [5.74, 6) is -0.512. The second-order valence-electron chi connectivity index (χ2n) is 8.66. The van der Waals surface area contributed by atoms with Crippen molar-refractivity contribution in [3.63, 3.8) is 0 Å². The van der Waals surface area contributed by atoms with E-state index in [1.165, 1.54) is 11.8 Å². The van der Waals surface area contributed by atoms with Crippen molar-refractivity contribution < 1.29 is 13.9 Å². The number of carbonyl (C=O) groups excluding carboxylic acids is 1. The zero-order valence-electron chi connectivity index (χ0n) is 16.9. The van der Waals surface area contributed by atoms with Crippen LogP contribution < -0.4 is 0 Å². The molecule has 6 nitrogen and oxygen atoms in total. The number of pyridine rings is 1. The fraction of sp³-hybridized carbons (Fsp3) is 0.600. The lowest BCUT2D eigenvalue weighted by Gasteiger charge is -2.39. The van der Waals surface area contributed by atoms with Gasteiger partial charge in [-0.25, -0.2) is 24.1 Å². The first-order valence-electron chi connectivity index (χ1n) is 9.75. The van der Waals surface area contributed by atoms with Crippen LogP contribution in [0.25, 0.3) is 10.9 Å². The summed E-state index contributed by atoms with van der Waals surface area (Å²) >= 11 is 7.24. The maximum atomic E-state index is 14.6. The van der Waals surface area contributed by atoms with Crippen LogP contribution in [0.1, 0.15) is 58.1 Å². The summed E-state index contributed by atoms with van der Waals surface area (Å²) in [6, 6.07) is 0.197. The van der Waals surface area contributed by atoms with Crippen LogP contribution >= 0.6 is 23.4 Å². The van der Waals surface area contributed by atoms with Crippen molar-refractivity contribution in [3.8, 4) is 0 Å². The molecule has 4 rings (SSSR count). The number of nitrogens with zero attached hydrogens (tertiary/aromatic N) is 4. The fourth-order valence-corrected chi connectivity index (χ4v) is 4.96. The second-order valence-corrected chi connectivity index (χ2v) is 9.79. The van der Waals surface area contributed by atoms with Crippen LogP contribution in [0.2, 0.25) is 5.15 Å². The highest BCUT2D eigenvalue weighted by atomic mass is 35.5. The Bertz CT molecular complexity index is 954. The van der Waals surface area contributed by atoms with Crippen LogP contribution in [-0.4, -0.2) is 49.9 Å². The number of hydrogen-bond donors (Lipinski definition) is 0. The smallest absolute Gasteiger partial charge is 0.410 e. The molecule has 3 atom stereocenters. The molecule has 9 heteroatoms. The van der Waals surface area contributed by atoms with E-state index in [1.54, 1.807) is 6.20 Å². The van der Waals surface area contributed by atoms with E-state index in [-0.39, 0.29) is 34.8 Å². The normalized spacial score (nSPS) is 24.2. The quantitative estimate of drug-likeness (QED) is 0.365. The van der Waals surface area contributed by atoms with E-state index in [4.69, 9.17) is 21.3 Å². The first kappa shape index (κ1) is 20.6. The maximum Gasteiger partial charge on any atom is 0.410 e. The first-order chi connectivity index (χ1) is 13.7. The average molecular weight is 439 g/mol. The molecule has 1 unspecified atom stereocenters. The van der Waals surface area contributed by atoms with Gasteiger partial charge in [0, 0.05) is 29.6 Å². The number of halogens is 2. The maximum absolute atomic E-state index is 14.6. The van der Waals surface area contributed by atoms with Gasteiger partial charge in [-0.1, -0.05) is 23.4 Å². The van der Waals surface area contributed by atoms with Crippen LogP contribution in [0, 0.1) is 5.82 Å². The number of amides is 1. The van der Waals surface area contributed by atoms with Crippen LogP contribution in [0.3, 0.4) is 0 Å². The Morgan fingerprint density at radius 3 is 2.52 bits per heavy atom. The van der Waals surface area contributed by atoms with Crippen LogP contribution in [0.4, 0.5) is 9.18 Å². The topological polar surface area (TPSA) is 68.2 Å². The zero-order valence-corrected chi connectivity index (χ0v) is 18.5. The number of piperidine rings is 1. The standard InChI is InChI=1S/C20H24ClFN4O2S/c1-20(2,3)28-19(27)26-11-5-6-12(26)8-10(7-11)15-13-9-23-17(21)14(22)16(13)25-18(24-15)29-4/h9-12H,5-8H2,1-4H3/t10?,11-,12+. The second kappa shape index (κ2) is 7.54. The lowest BCUT2D eigenvalue weighted by Crippen LogP contribution is -2.48. The van der Waals surface area contributed by atoms with Crippen LogP contribution in [0.5, 0.6) is 0 Å². The van der Waals surface area contributed by atoms with Crippen molar-refractivity contribution >= 4 is 40.4 Å². The summed E-state index contributed by atoms with van der Waals surface area (Å²) in [7, 11) is 0. The fourth-order valence-electron chi connectivity index (χ4n) is 4.45. The Morgan fingerprint density at radius 1 is 1.28 bits per heavy atom. The summed E-state index contributed by atoms with van der Waals surface area (Å²) in [4.78, 5) is 27.6.